The summed E-state index contributed by atoms with van der Waals surface area (Å²) in [6.45, 7) is 10.5. The highest BCUT2D eigenvalue weighted by atomic mass is 15.2. The highest BCUT2D eigenvalue weighted by Crippen LogP contribution is 2.25. The first kappa shape index (κ1) is 18.0. The molecule has 1 rings (SSSR count). The highest BCUT2D eigenvalue weighted by molar-refractivity contribution is 4.78. The summed E-state index contributed by atoms with van der Waals surface area (Å²) in [5, 5.41) is 0. The molecule has 1 aliphatic rings. The Bertz CT molecular complexity index is 215. The van der Waals surface area contributed by atoms with E-state index in [4.69, 9.17) is 5.73 Å². The molecule has 20 heavy (non-hydrogen) atoms. The summed E-state index contributed by atoms with van der Waals surface area (Å²) in [5.74, 6) is 1.67. The van der Waals surface area contributed by atoms with E-state index in [0.29, 0.717) is 0 Å². The summed E-state index contributed by atoms with van der Waals surface area (Å²) in [5.41, 5.74) is 5.75. The second-order valence-corrected chi connectivity index (χ2v) is 7.20. The van der Waals surface area contributed by atoms with Crippen LogP contribution in [0.1, 0.15) is 78.6 Å². The van der Waals surface area contributed by atoms with E-state index in [1.165, 1.54) is 70.9 Å². The maximum atomic E-state index is 5.75. The van der Waals surface area contributed by atoms with Crippen molar-refractivity contribution in [3.8, 4) is 0 Å². The van der Waals surface area contributed by atoms with Crippen molar-refractivity contribution in [3.05, 3.63) is 0 Å². The second-order valence-electron chi connectivity index (χ2n) is 7.20. The van der Waals surface area contributed by atoms with Gasteiger partial charge in [0.25, 0.3) is 0 Å². The number of nitrogens with zero attached hydrogens (tertiary/aromatic N) is 1. The Morgan fingerprint density at radius 3 is 2.35 bits per heavy atom. The molecule has 0 saturated heterocycles. The van der Waals surface area contributed by atoms with Crippen molar-refractivity contribution >= 4 is 0 Å². The van der Waals surface area contributed by atoms with Crippen LogP contribution in [0.3, 0.4) is 0 Å². The predicted molar refractivity (Wildman–Crippen MR) is 90.0 cm³/mol. The Balaban J connectivity index is 2.32. The van der Waals surface area contributed by atoms with Gasteiger partial charge in [-0.25, -0.2) is 0 Å². The molecule has 0 aliphatic heterocycles. The molecule has 0 aromatic rings. The maximum absolute atomic E-state index is 5.75. The van der Waals surface area contributed by atoms with Gasteiger partial charge in [-0.1, -0.05) is 46.5 Å². The van der Waals surface area contributed by atoms with Crippen LogP contribution in [0.2, 0.25) is 0 Å². The Kier molecular flexibility index (Phi) is 9.54. The second kappa shape index (κ2) is 10.6. The minimum absolute atomic E-state index is 0.797. The summed E-state index contributed by atoms with van der Waals surface area (Å²) >= 11 is 0. The van der Waals surface area contributed by atoms with Crippen LogP contribution < -0.4 is 5.73 Å². The third-order valence-corrected chi connectivity index (χ3v) is 4.77. The highest BCUT2D eigenvalue weighted by Gasteiger charge is 2.22. The number of rotatable bonds is 11. The molecule has 1 saturated carbocycles. The molecule has 1 atom stereocenters. The van der Waals surface area contributed by atoms with E-state index in [1.807, 2.05) is 0 Å². The third kappa shape index (κ3) is 7.08. The molecule has 1 unspecified atom stereocenters. The van der Waals surface area contributed by atoms with Gasteiger partial charge in [0.05, 0.1) is 0 Å². The first-order valence-electron chi connectivity index (χ1n) is 9.11. The molecule has 0 aromatic heterocycles. The van der Waals surface area contributed by atoms with E-state index in [-0.39, 0.29) is 0 Å². The maximum Gasteiger partial charge on any atom is 0.00953 e. The lowest BCUT2D eigenvalue weighted by Gasteiger charge is -2.31. The molecular formula is C18H38N2. The fourth-order valence-electron chi connectivity index (χ4n) is 3.82. The van der Waals surface area contributed by atoms with Crippen molar-refractivity contribution in [2.45, 2.75) is 84.6 Å². The van der Waals surface area contributed by atoms with Gasteiger partial charge >= 0.3 is 0 Å². The van der Waals surface area contributed by atoms with Gasteiger partial charge in [-0.3, -0.25) is 0 Å². The van der Waals surface area contributed by atoms with Gasteiger partial charge in [-0.2, -0.15) is 0 Å². The number of hydrogen-bond donors (Lipinski definition) is 1. The smallest absolute Gasteiger partial charge is 0.00953 e. The topological polar surface area (TPSA) is 29.3 Å². The zero-order valence-corrected chi connectivity index (χ0v) is 14.2. The zero-order chi connectivity index (χ0) is 14.8. The largest absolute Gasteiger partial charge is 0.330 e. The normalized spacial score (nSPS) is 18.3. The minimum atomic E-state index is 0.797. The van der Waals surface area contributed by atoms with Crippen molar-refractivity contribution < 1.29 is 0 Å². The van der Waals surface area contributed by atoms with Crippen LogP contribution in [0.25, 0.3) is 0 Å². The van der Waals surface area contributed by atoms with E-state index in [2.05, 4.69) is 25.7 Å². The van der Waals surface area contributed by atoms with E-state index in [0.717, 1.165) is 24.4 Å². The molecule has 0 amide bonds. The monoisotopic (exact) mass is 282 g/mol. The summed E-state index contributed by atoms with van der Waals surface area (Å²) in [4.78, 5) is 2.79. The molecule has 0 heterocycles. The molecule has 0 aromatic carbocycles. The molecule has 2 nitrogen and oxygen atoms in total. The van der Waals surface area contributed by atoms with Crippen molar-refractivity contribution in [2.75, 3.05) is 19.6 Å². The van der Waals surface area contributed by atoms with Gasteiger partial charge < -0.3 is 10.6 Å². The van der Waals surface area contributed by atoms with Crippen LogP contribution in [0.15, 0.2) is 0 Å². The van der Waals surface area contributed by atoms with Gasteiger partial charge in [0.15, 0.2) is 0 Å². The molecular weight excluding hydrogens is 244 g/mol. The van der Waals surface area contributed by atoms with Crippen molar-refractivity contribution in [2.24, 2.45) is 17.6 Å². The summed E-state index contributed by atoms with van der Waals surface area (Å²) in [6, 6.07) is 0.886. The standard InChI is InChI=1S/C18H38N2/c1-4-8-17(12-13-19)9-7-14-20(15-16(2)3)18-10-5-6-11-18/h16-18H,4-15,19H2,1-3H3. The van der Waals surface area contributed by atoms with Gasteiger partial charge in [-0.05, 0) is 57.0 Å². The molecule has 1 aliphatic carbocycles. The number of nitrogens with two attached hydrogens (primary N) is 1. The van der Waals surface area contributed by atoms with Crippen LogP contribution in [-0.2, 0) is 0 Å². The lowest BCUT2D eigenvalue weighted by atomic mass is 9.94. The van der Waals surface area contributed by atoms with Gasteiger partial charge in [0, 0.05) is 12.6 Å². The van der Waals surface area contributed by atoms with Crippen LogP contribution in [-0.4, -0.2) is 30.6 Å². The van der Waals surface area contributed by atoms with E-state index in [9.17, 15) is 0 Å². The van der Waals surface area contributed by atoms with Crippen LogP contribution in [0.5, 0.6) is 0 Å². The molecule has 2 N–H and O–H groups in total. The molecule has 1 fully saturated rings. The van der Waals surface area contributed by atoms with Crippen LogP contribution in [0, 0.1) is 11.8 Å². The molecule has 0 bridgehead atoms. The predicted octanol–water partition coefficient (Wildman–Crippen LogP) is 4.43. The minimum Gasteiger partial charge on any atom is -0.330 e. The summed E-state index contributed by atoms with van der Waals surface area (Å²) in [6.07, 6.45) is 12.4. The lowest BCUT2D eigenvalue weighted by molar-refractivity contribution is 0.169. The van der Waals surface area contributed by atoms with E-state index < -0.39 is 0 Å². The van der Waals surface area contributed by atoms with Crippen LogP contribution in [0.4, 0.5) is 0 Å². The van der Waals surface area contributed by atoms with E-state index >= 15 is 0 Å². The van der Waals surface area contributed by atoms with E-state index in [1.54, 1.807) is 0 Å². The fourth-order valence-corrected chi connectivity index (χ4v) is 3.82. The summed E-state index contributed by atoms with van der Waals surface area (Å²) in [7, 11) is 0. The average Bonchev–Trinajstić information content (AvgIpc) is 2.91. The summed E-state index contributed by atoms with van der Waals surface area (Å²) < 4.78 is 0. The van der Waals surface area contributed by atoms with Crippen molar-refractivity contribution in [1.82, 2.24) is 4.90 Å². The Labute approximate surface area is 127 Å². The molecule has 0 spiro atoms. The molecule has 2 heteroatoms. The number of hydrogen-bond acceptors (Lipinski definition) is 2. The Hall–Kier alpha value is -0.0800. The first-order chi connectivity index (χ1) is 9.67. The first-order valence-corrected chi connectivity index (χ1v) is 9.11. The average molecular weight is 283 g/mol. The zero-order valence-electron chi connectivity index (χ0n) is 14.2. The fraction of sp³-hybridized carbons (Fsp3) is 1.00. The third-order valence-electron chi connectivity index (χ3n) is 4.77. The van der Waals surface area contributed by atoms with Gasteiger partial charge in [-0.15, -0.1) is 0 Å². The Morgan fingerprint density at radius 2 is 1.80 bits per heavy atom. The molecule has 0 radical (unpaired) electrons. The molecule has 120 valence electrons. The quantitative estimate of drug-likeness (QED) is 0.607. The van der Waals surface area contributed by atoms with Gasteiger partial charge in [0.1, 0.15) is 0 Å². The van der Waals surface area contributed by atoms with Crippen molar-refractivity contribution in [3.63, 3.8) is 0 Å². The van der Waals surface area contributed by atoms with Gasteiger partial charge in [0.2, 0.25) is 0 Å². The SMILES string of the molecule is CCCC(CCN)CCCN(CC(C)C)C1CCCC1. The lowest BCUT2D eigenvalue weighted by Crippen LogP contribution is -2.37. The van der Waals surface area contributed by atoms with Crippen molar-refractivity contribution in [1.29, 1.82) is 0 Å². The Morgan fingerprint density at radius 1 is 1.10 bits per heavy atom. The van der Waals surface area contributed by atoms with Crippen LogP contribution >= 0.6 is 0 Å².